The maximum atomic E-state index is 12.9. The maximum absolute atomic E-state index is 12.9. The first-order chi connectivity index (χ1) is 16.7. The lowest BCUT2D eigenvalue weighted by molar-refractivity contribution is -0.133. The van der Waals surface area contributed by atoms with E-state index in [0.717, 1.165) is 31.7 Å². The van der Waals surface area contributed by atoms with E-state index in [4.69, 9.17) is 0 Å². The number of carbonyl (C=O) groups excluding carboxylic acids is 2. The van der Waals surface area contributed by atoms with Gasteiger partial charge in [-0.1, -0.05) is 60.7 Å². The van der Waals surface area contributed by atoms with Crippen LogP contribution in [-0.2, 0) is 11.2 Å². The number of nitrogens with one attached hydrogen (secondary N) is 1. The van der Waals surface area contributed by atoms with Gasteiger partial charge in [0.25, 0.3) is 5.91 Å². The number of benzene rings is 2. The lowest BCUT2D eigenvalue weighted by Gasteiger charge is -2.35. The summed E-state index contributed by atoms with van der Waals surface area (Å²) in [6, 6.07) is 24.2. The second-order valence-corrected chi connectivity index (χ2v) is 9.07. The molecule has 1 N–H and O–H groups in total. The molecule has 2 aliphatic rings. The Kier molecular flexibility index (Phi) is 6.56. The summed E-state index contributed by atoms with van der Waals surface area (Å²) in [6.07, 6.45) is 3.40. The van der Waals surface area contributed by atoms with E-state index in [0.29, 0.717) is 31.1 Å². The molecule has 2 unspecified atom stereocenters. The van der Waals surface area contributed by atoms with Crippen molar-refractivity contribution in [3.63, 3.8) is 0 Å². The molecule has 6 heteroatoms. The Morgan fingerprint density at radius 1 is 0.882 bits per heavy atom. The fourth-order valence-corrected chi connectivity index (χ4v) is 4.70. The molecule has 2 amide bonds. The Bertz CT molecular complexity index is 1110. The van der Waals surface area contributed by atoms with Gasteiger partial charge in [0.1, 0.15) is 5.82 Å². The molecule has 1 saturated heterocycles. The molecular formula is C28H30N4O2. The van der Waals surface area contributed by atoms with Gasteiger partial charge in [-0.25, -0.2) is 4.98 Å². The third-order valence-corrected chi connectivity index (χ3v) is 6.80. The average molecular weight is 455 g/mol. The lowest BCUT2D eigenvalue weighted by Crippen LogP contribution is -2.49. The maximum Gasteiger partial charge on any atom is 0.252 e. The topological polar surface area (TPSA) is 65.5 Å². The number of hydrogen-bond acceptors (Lipinski definition) is 4. The first kappa shape index (κ1) is 22.1. The number of pyridine rings is 1. The monoisotopic (exact) mass is 454 g/mol. The van der Waals surface area contributed by atoms with Crippen LogP contribution in [0.25, 0.3) is 0 Å². The Morgan fingerprint density at radius 2 is 1.59 bits per heavy atom. The number of amides is 2. The highest BCUT2D eigenvalue weighted by Gasteiger charge is 2.46. The predicted octanol–water partition coefficient (Wildman–Crippen LogP) is 3.51. The van der Waals surface area contributed by atoms with Crippen LogP contribution in [0.4, 0.5) is 5.82 Å². The lowest BCUT2D eigenvalue weighted by atomic mass is 10.1. The Labute approximate surface area is 200 Å². The summed E-state index contributed by atoms with van der Waals surface area (Å²) in [4.78, 5) is 34.1. The second-order valence-electron chi connectivity index (χ2n) is 9.07. The van der Waals surface area contributed by atoms with Crippen LogP contribution in [0, 0.1) is 5.92 Å². The van der Waals surface area contributed by atoms with E-state index >= 15 is 0 Å². The molecule has 2 fully saturated rings. The number of rotatable bonds is 7. The first-order valence-electron chi connectivity index (χ1n) is 12.1. The Morgan fingerprint density at radius 3 is 2.26 bits per heavy atom. The van der Waals surface area contributed by atoms with Crippen LogP contribution in [-0.4, -0.2) is 54.4 Å². The zero-order valence-corrected chi connectivity index (χ0v) is 19.3. The summed E-state index contributed by atoms with van der Waals surface area (Å²) in [6.45, 7) is 3.52. The van der Waals surface area contributed by atoms with Gasteiger partial charge in [0.2, 0.25) is 5.91 Å². The summed E-state index contributed by atoms with van der Waals surface area (Å²) in [5, 5.41) is 2.96. The SMILES string of the molecule is O=C(NCCc1ccccc1)c1ccc(N2CCN(C(=O)C3CC3c3ccccc3)CC2)nc1. The van der Waals surface area contributed by atoms with Crippen LogP contribution in [0.15, 0.2) is 79.0 Å². The van der Waals surface area contributed by atoms with Crippen LogP contribution >= 0.6 is 0 Å². The van der Waals surface area contributed by atoms with Gasteiger partial charge >= 0.3 is 0 Å². The number of nitrogens with zero attached hydrogens (tertiary/aromatic N) is 3. The van der Waals surface area contributed by atoms with Gasteiger partial charge < -0.3 is 15.1 Å². The van der Waals surface area contributed by atoms with Crippen molar-refractivity contribution < 1.29 is 9.59 Å². The van der Waals surface area contributed by atoms with Crippen molar-refractivity contribution in [2.75, 3.05) is 37.6 Å². The molecule has 1 aromatic heterocycles. The zero-order chi connectivity index (χ0) is 23.3. The minimum absolute atomic E-state index is 0.109. The van der Waals surface area contributed by atoms with E-state index in [1.54, 1.807) is 6.20 Å². The van der Waals surface area contributed by atoms with E-state index in [-0.39, 0.29) is 17.7 Å². The number of carbonyl (C=O) groups is 2. The van der Waals surface area contributed by atoms with E-state index in [2.05, 4.69) is 39.5 Å². The quantitative estimate of drug-likeness (QED) is 0.593. The minimum Gasteiger partial charge on any atom is -0.353 e. The predicted molar refractivity (Wildman–Crippen MR) is 133 cm³/mol. The smallest absolute Gasteiger partial charge is 0.252 e. The molecule has 2 atom stereocenters. The third kappa shape index (κ3) is 5.11. The van der Waals surface area contributed by atoms with Gasteiger partial charge in [0, 0.05) is 44.8 Å². The third-order valence-electron chi connectivity index (χ3n) is 6.80. The molecule has 1 saturated carbocycles. The van der Waals surface area contributed by atoms with E-state index in [1.807, 2.05) is 53.4 Å². The fourth-order valence-electron chi connectivity index (χ4n) is 4.70. The molecule has 1 aliphatic heterocycles. The summed E-state index contributed by atoms with van der Waals surface area (Å²) in [5.74, 6) is 1.53. The van der Waals surface area contributed by atoms with E-state index in [1.165, 1.54) is 11.1 Å². The Balaban J connectivity index is 1.08. The number of hydrogen-bond donors (Lipinski definition) is 1. The van der Waals surface area contributed by atoms with Crippen LogP contribution in [0.3, 0.4) is 0 Å². The highest BCUT2D eigenvalue weighted by molar-refractivity contribution is 5.94. The first-order valence-corrected chi connectivity index (χ1v) is 12.1. The standard InChI is InChI=1S/C28H30N4O2/c33-27(29-14-13-21-7-3-1-4-8-21)23-11-12-26(30-20-23)31-15-17-32(18-16-31)28(34)25-19-24(25)22-9-5-2-6-10-22/h1-12,20,24-25H,13-19H2,(H,29,33). The molecule has 5 rings (SSSR count). The van der Waals surface area contributed by atoms with Gasteiger partial charge in [-0.3, -0.25) is 9.59 Å². The minimum atomic E-state index is -0.109. The molecule has 0 spiro atoms. The number of piperazine rings is 1. The van der Waals surface area contributed by atoms with Crippen molar-refractivity contribution in [1.82, 2.24) is 15.2 Å². The van der Waals surface area contributed by atoms with Gasteiger partial charge in [-0.15, -0.1) is 0 Å². The molecule has 0 radical (unpaired) electrons. The molecule has 174 valence electrons. The molecule has 34 heavy (non-hydrogen) atoms. The van der Waals surface area contributed by atoms with Gasteiger partial charge in [-0.2, -0.15) is 0 Å². The normalized spacial score (nSPS) is 19.5. The molecule has 3 aromatic rings. The van der Waals surface area contributed by atoms with E-state index in [9.17, 15) is 9.59 Å². The van der Waals surface area contributed by atoms with Gasteiger partial charge in [-0.05, 0) is 42.0 Å². The van der Waals surface area contributed by atoms with Crippen molar-refractivity contribution in [3.05, 3.63) is 95.7 Å². The molecule has 2 heterocycles. The summed E-state index contributed by atoms with van der Waals surface area (Å²) >= 11 is 0. The van der Waals surface area contributed by atoms with Crippen LogP contribution < -0.4 is 10.2 Å². The van der Waals surface area contributed by atoms with Crippen molar-refractivity contribution in [3.8, 4) is 0 Å². The van der Waals surface area contributed by atoms with Crippen molar-refractivity contribution in [2.24, 2.45) is 5.92 Å². The van der Waals surface area contributed by atoms with Crippen LogP contribution in [0.1, 0.15) is 33.8 Å². The average Bonchev–Trinajstić information content (AvgIpc) is 3.71. The van der Waals surface area contributed by atoms with Crippen LogP contribution in [0.2, 0.25) is 0 Å². The van der Waals surface area contributed by atoms with Crippen molar-refractivity contribution in [1.29, 1.82) is 0 Å². The largest absolute Gasteiger partial charge is 0.353 e. The fraction of sp³-hybridized carbons (Fsp3) is 0.321. The highest BCUT2D eigenvalue weighted by Crippen LogP contribution is 2.48. The summed E-state index contributed by atoms with van der Waals surface area (Å²) in [5.41, 5.74) is 3.03. The molecule has 6 nitrogen and oxygen atoms in total. The van der Waals surface area contributed by atoms with E-state index < -0.39 is 0 Å². The van der Waals surface area contributed by atoms with Crippen LogP contribution in [0.5, 0.6) is 0 Å². The molecule has 0 bridgehead atoms. The second kappa shape index (κ2) is 10.1. The summed E-state index contributed by atoms with van der Waals surface area (Å²) in [7, 11) is 0. The van der Waals surface area contributed by atoms with Gasteiger partial charge in [0.15, 0.2) is 0 Å². The summed E-state index contributed by atoms with van der Waals surface area (Å²) < 4.78 is 0. The number of aromatic nitrogens is 1. The highest BCUT2D eigenvalue weighted by atomic mass is 16.2. The number of anilines is 1. The molecular weight excluding hydrogens is 424 g/mol. The van der Waals surface area contributed by atoms with Crippen molar-refractivity contribution in [2.45, 2.75) is 18.8 Å². The molecule has 1 aliphatic carbocycles. The van der Waals surface area contributed by atoms with Crippen molar-refractivity contribution >= 4 is 17.6 Å². The van der Waals surface area contributed by atoms with Gasteiger partial charge in [0.05, 0.1) is 5.56 Å². The molecule has 2 aromatic carbocycles. The zero-order valence-electron chi connectivity index (χ0n) is 19.3. The Hall–Kier alpha value is -3.67.